The Bertz CT molecular complexity index is 1160. The van der Waals surface area contributed by atoms with Gasteiger partial charge in [0.15, 0.2) is 0 Å². The highest BCUT2D eigenvalue weighted by molar-refractivity contribution is 5.98. The molecule has 0 bridgehead atoms. The smallest absolute Gasteiger partial charge is 0.319 e. The van der Waals surface area contributed by atoms with Crippen molar-refractivity contribution in [3.8, 4) is 0 Å². The lowest BCUT2D eigenvalue weighted by atomic mass is 10.0. The highest BCUT2D eigenvalue weighted by Crippen LogP contribution is 2.35. The maximum atomic E-state index is 12.7. The quantitative estimate of drug-likeness (QED) is 0.397. The number of hydrogen-bond acceptors (Lipinski definition) is 8. The van der Waals surface area contributed by atoms with Gasteiger partial charge in [-0.25, -0.2) is 0 Å². The maximum Gasteiger partial charge on any atom is 0.319 e. The summed E-state index contributed by atoms with van der Waals surface area (Å²) in [6, 6.07) is 3.92. The molecule has 0 saturated heterocycles. The van der Waals surface area contributed by atoms with E-state index in [1.807, 2.05) is 0 Å². The minimum absolute atomic E-state index is 0.0977. The third-order valence-corrected chi connectivity index (χ3v) is 3.74. The highest BCUT2D eigenvalue weighted by Gasteiger charge is 2.28. The predicted octanol–water partition coefficient (Wildman–Crippen LogP) is 2.98. The maximum absolute atomic E-state index is 12.7. The van der Waals surface area contributed by atoms with Crippen LogP contribution in [0.5, 0.6) is 0 Å². The van der Waals surface area contributed by atoms with Crippen molar-refractivity contribution in [1.82, 2.24) is 0 Å². The van der Waals surface area contributed by atoms with Crippen LogP contribution in [0.3, 0.4) is 0 Å². The van der Waals surface area contributed by atoms with Gasteiger partial charge in [-0.1, -0.05) is 0 Å². The van der Waals surface area contributed by atoms with Crippen molar-refractivity contribution in [1.29, 1.82) is 0 Å². The van der Waals surface area contributed by atoms with Gasteiger partial charge < -0.3 is 4.42 Å². The molecule has 2 aromatic carbocycles. The molecular weight excluding hydrogens is 338 g/mol. The van der Waals surface area contributed by atoms with Gasteiger partial charge in [-0.2, -0.15) is 0 Å². The molecule has 0 amide bonds. The number of fused-ring (bicyclic) bond motifs is 2. The molecule has 0 atom stereocenters. The Morgan fingerprint density at radius 2 is 1.56 bits per heavy atom. The summed E-state index contributed by atoms with van der Waals surface area (Å²) >= 11 is 0. The van der Waals surface area contributed by atoms with Crippen LogP contribution in [-0.2, 0) is 0 Å². The molecular formula is C14H7N3O8. The predicted molar refractivity (Wildman–Crippen MR) is 84.7 cm³/mol. The number of nitro benzene ring substituents is 3. The molecule has 0 saturated carbocycles. The van der Waals surface area contributed by atoms with E-state index in [0.29, 0.717) is 0 Å². The monoisotopic (exact) mass is 345 g/mol. The molecule has 11 heteroatoms. The molecule has 0 N–H and O–H groups in total. The van der Waals surface area contributed by atoms with E-state index in [9.17, 15) is 35.1 Å². The molecule has 0 unspecified atom stereocenters. The summed E-state index contributed by atoms with van der Waals surface area (Å²) in [6.45, 7) is 1.25. The largest absolute Gasteiger partial charge is 0.449 e. The van der Waals surface area contributed by atoms with Gasteiger partial charge in [0, 0.05) is 17.7 Å². The third-order valence-electron chi connectivity index (χ3n) is 3.74. The van der Waals surface area contributed by atoms with E-state index in [1.165, 1.54) is 6.92 Å². The molecule has 0 aliphatic carbocycles. The van der Waals surface area contributed by atoms with Crippen LogP contribution in [-0.4, -0.2) is 14.8 Å². The number of hydrogen-bond donors (Lipinski definition) is 0. The van der Waals surface area contributed by atoms with Gasteiger partial charge in [-0.05, 0) is 13.0 Å². The lowest BCUT2D eigenvalue weighted by Crippen LogP contribution is -2.08. The zero-order chi connectivity index (χ0) is 18.5. The zero-order valence-electron chi connectivity index (χ0n) is 12.4. The zero-order valence-corrected chi connectivity index (χ0v) is 12.4. The second-order valence-corrected chi connectivity index (χ2v) is 5.13. The van der Waals surface area contributed by atoms with Crippen molar-refractivity contribution in [2.75, 3.05) is 0 Å². The third kappa shape index (κ3) is 2.34. The first-order chi connectivity index (χ1) is 11.7. The van der Waals surface area contributed by atoms with Crippen LogP contribution in [0.1, 0.15) is 5.56 Å². The fourth-order valence-electron chi connectivity index (χ4n) is 2.57. The molecule has 1 aromatic heterocycles. The Hall–Kier alpha value is -3.89. The molecule has 25 heavy (non-hydrogen) atoms. The molecule has 0 spiro atoms. The van der Waals surface area contributed by atoms with Crippen LogP contribution in [0.4, 0.5) is 17.1 Å². The fourth-order valence-corrected chi connectivity index (χ4v) is 2.57. The minimum atomic E-state index is -0.894. The van der Waals surface area contributed by atoms with E-state index in [0.717, 1.165) is 24.3 Å². The number of non-ortho nitro benzene ring substituents is 2. The van der Waals surface area contributed by atoms with E-state index in [2.05, 4.69) is 0 Å². The van der Waals surface area contributed by atoms with E-state index in [1.54, 1.807) is 0 Å². The molecule has 126 valence electrons. The Morgan fingerprint density at radius 1 is 0.920 bits per heavy atom. The molecule has 3 rings (SSSR count). The summed E-state index contributed by atoms with van der Waals surface area (Å²) in [5.74, 6) is 0. The second kappa shape index (κ2) is 5.33. The van der Waals surface area contributed by atoms with Gasteiger partial charge in [0.05, 0.1) is 31.6 Å². The van der Waals surface area contributed by atoms with Crippen molar-refractivity contribution < 1.29 is 19.2 Å². The summed E-state index contributed by atoms with van der Waals surface area (Å²) in [4.78, 5) is 43.5. The van der Waals surface area contributed by atoms with Gasteiger partial charge in [0.2, 0.25) is 11.0 Å². The fraction of sp³-hybridized carbons (Fsp3) is 0.0714. The van der Waals surface area contributed by atoms with Gasteiger partial charge in [-0.3, -0.25) is 35.1 Å². The SMILES string of the molecule is Cc1c([N+](=O)[O-])cc([N+](=O)[O-])c2oc3ccc([N+](=O)[O-])cc3c(=O)c12. The van der Waals surface area contributed by atoms with E-state index < -0.39 is 37.2 Å². The van der Waals surface area contributed by atoms with Gasteiger partial charge >= 0.3 is 5.69 Å². The normalized spacial score (nSPS) is 10.9. The van der Waals surface area contributed by atoms with Crippen molar-refractivity contribution in [2.24, 2.45) is 0 Å². The summed E-state index contributed by atoms with van der Waals surface area (Å²) in [5.41, 5.74) is -3.17. The number of nitro groups is 3. The van der Waals surface area contributed by atoms with Gasteiger partial charge in [-0.15, -0.1) is 0 Å². The average Bonchev–Trinajstić information content (AvgIpc) is 2.54. The van der Waals surface area contributed by atoms with Crippen LogP contribution in [0.25, 0.3) is 21.9 Å². The summed E-state index contributed by atoms with van der Waals surface area (Å²) in [7, 11) is 0. The van der Waals surface area contributed by atoms with Crippen molar-refractivity contribution in [3.63, 3.8) is 0 Å². The number of benzene rings is 2. The van der Waals surface area contributed by atoms with E-state index in [4.69, 9.17) is 4.42 Å². The summed E-state index contributed by atoms with van der Waals surface area (Å²) in [6.07, 6.45) is 0. The Balaban J connectivity index is 2.59. The standard InChI is InChI=1S/C14H7N3O8/c1-6-9(16(21)22)5-10(17(23)24)14-12(6)13(18)8-4-7(15(19)20)2-3-11(8)25-14/h2-5H,1H3. The Morgan fingerprint density at radius 3 is 2.12 bits per heavy atom. The first-order valence-electron chi connectivity index (χ1n) is 6.69. The first-order valence-corrected chi connectivity index (χ1v) is 6.69. The van der Waals surface area contributed by atoms with Crippen molar-refractivity contribution in [2.45, 2.75) is 6.92 Å². The minimum Gasteiger partial charge on any atom is -0.449 e. The van der Waals surface area contributed by atoms with Crippen LogP contribution in [0, 0.1) is 37.3 Å². The second-order valence-electron chi connectivity index (χ2n) is 5.13. The van der Waals surface area contributed by atoms with Crippen LogP contribution >= 0.6 is 0 Å². The van der Waals surface area contributed by atoms with Gasteiger partial charge in [0.25, 0.3) is 11.4 Å². The molecule has 1 heterocycles. The Labute approximate surface area is 136 Å². The Kier molecular flexibility index (Phi) is 3.41. The lowest BCUT2D eigenvalue weighted by molar-refractivity contribution is -0.393. The molecule has 0 aliphatic heterocycles. The molecule has 0 fully saturated rings. The number of rotatable bonds is 3. The van der Waals surface area contributed by atoms with Crippen LogP contribution < -0.4 is 5.43 Å². The van der Waals surface area contributed by atoms with Crippen molar-refractivity contribution in [3.05, 3.63) is 70.4 Å². The lowest BCUT2D eigenvalue weighted by Gasteiger charge is -2.05. The number of nitrogens with zero attached hydrogens (tertiary/aromatic N) is 3. The van der Waals surface area contributed by atoms with E-state index >= 15 is 0 Å². The summed E-state index contributed by atoms with van der Waals surface area (Å²) < 4.78 is 5.38. The van der Waals surface area contributed by atoms with Gasteiger partial charge in [0.1, 0.15) is 5.58 Å². The first kappa shape index (κ1) is 16.0. The molecule has 0 radical (unpaired) electrons. The van der Waals surface area contributed by atoms with Crippen molar-refractivity contribution >= 4 is 39.0 Å². The average molecular weight is 345 g/mol. The topological polar surface area (TPSA) is 160 Å². The summed E-state index contributed by atoms with van der Waals surface area (Å²) in [5, 5.41) is 32.7. The van der Waals surface area contributed by atoms with E-state index in [-0.39, 0.29) is 27.6 Å². The number of aryl methyl sites for hydroxylation is 1. The highest BCUT2D eigenvalue weighted by atomic mass is 16.6. The molecule has 3 aromatic rings. The molecule has 11 nitrogen and oxygen atoms in total. The van der Waals surface area contributed by atoms with Crippen LogP contribution in [0.15, 0.2) is 33.5 Å². The van der Waals surface area contributed by atoms with Crippen LogP contribution in [0.2, 0.25) is 0 Å². The molecule has 0 aliphatic rings.